The Morgan fingerprint density at radius 3 is 2.34 bits per heavy atom. The third-order valence-electron chi connectivity index (χ3n) is 5.68. The number of fused-ring (bicyclic) bond motifs is 1. The summed E-state index contributed by atoms with van der Waals surface area (Å²) in [5.41, 5.74) is 1.54. The van der Waals surface area contributed by atoms with Crippen LogP contribution < -0.4 is 15.7 Å². The van der Waals surface area contributed by atoms with Gasteiger partial charge in [0.2, 0.25) is 15.9 Å². The van der Waals surface area contributed by atoms with Crippen LogP contribution in [0.15, 0.2) is 52.2 Å². The second kappa shape index (κ2) is 8.77. The molecule has 32 heavy (non-hydrogen) atoms. The number of rotatable bonds is 6. The maximum atomic E-state index is 12.9. The van der Waals surface area contributed by atoms with Gasteiger partial charge in [-0.3, -0.25) is 9.69 Å². The SMILES string of the molecule is COc1ccc(S(=O)(=O)N2CCN([C@H](C)C(=O)Nc3ccc4[nH]c(=O)[nH]c4c3)CC2)cc1. The highest BCUT2D eigenvalue weighted by Crippen LogP contribution is 2.21. The summed E-state index contributed by atoms with van der Waals surface area (Å²) in [5, 5.41) is 2.86. The van der Waals surface area contributed by atoms with Gasteiger partial charge in [0.15, 0.2) is 0 Å². The highest BCUT2D eigenvalue weighted by atomic mass is 32.2. The van der Waals surface area contributed by atoms with Crippen molar-refractivity contribution in [2.75, 3.05) is 38.6 Å². The van der Waals surface area contributed by atoms with Crippen LogP contribution in [0.1, 0.15) is 6.92 Å². The largest absolute Gasteiger partial charge is 0.497 e. The van der Waals surface area contributed by atoms with E-state index in [2.05, 4.69) is 15.3 Å². The lowest BCUT2D eigenvalue weighted by Crippen LogP contribution is -2.53. The molecule has 1 aliphatic rings. The summed E-state index contributed by atoms with van der Waals surface area (Å²) < 4.78 is 32.3. The Morgan fingerprint density at radius 1 is 1.03 bits per heavy atom. The molecule has 3 aromatic rings. The number of H-pyrrole nitrogens is 2. The summed E-state index contributed by atoms with van der Waals surface area (Å²) in [5.74, 6) is 0.393. The van der Waals surface area contributed by atoms with E-state index in [9.17, 15) is 18.0 Å². The summed E-state index contributed by atoms with van der Waals surface area (Å²) >= 11 is 0. The van der Waals surface area contributed by atoms with Crippen LogP contribution in [0.25, 0.3) is 11.0 Å². The van der Waals surface area contributed by atoms with Crippen molar-refractivity contribution in [2.45, 2.75) is 17.9 Å². The molecule has 170 valence electrons. The number of amides is 1. The van der Waals surface area contributed by atoms with Gasteiger partial charge in [0.25, 0.3) is 0 Å². The molecule has 0 unspecified atom stereocenters. The van der Waals surface area contributed by atoms with E-state index in [0.717, 1.165) is 0 Å². The second-order valence-electron chi connectivity index (χ2n) is 7.62. The number of aromatic amines is 2. The van der Waals surface area contributed by atoms with Crippen LogP contribution in [0, 0.1) is 0 Å². The van der Waals surface area contributed by atoms with Crippen LogP contribution in [-0.4, -0.2) is 72.8 Å². The molecule has 2 aromatic carbocycles. The number of hydrogen-bond donors (Lipinski definition) is 3. The Balaban J connectivity index is 1.37. The van der Waals surface area contributed by atoms with Gasteiger partial charge in [0.1, 0.15) is 5.75 Å². The molecule has 3 N–H and O–H groups in total. The Kier molecular flexibility index (Phi) is 6.04. The molecule has 1 fully saturated rings. The van der Waals surface area contributed by atoms with E-state index < -0.39 is 16.1 Å². The molecule has 0 saturated carbocycles. The van der Waals surface area contributed by atoms with Gasteiger partial charge in [-0.05, 0) is 49.4 Å². The van der Waals surface area contributed by atoms with Crippen LogP contribution in [0.2, 0.25) is 0 Å². The number of benzene rings is 2. The summed E-state index contributed by atoms with van der Waals surface area (Å²) in [6.45, 7) is 3.26. The number of aromatic nitrogens is 2. The van der Waals surface area contributed by atoms with Gasteiger partial charge in [-0.1, -0.05) is 0 Å². The highest BCUT2D eigenvalue weighted by Gasteiger charge is 2.31. The maximum Gasteiger partial charge on any atom is 0.323 e. The van der Waals surface area contributed by atoms with E-state index >= 15 is 0 Å². The van der Waals surface area contributed by atoms with E-state index in [0.29, 0.717) is 48.6 Å². The molecule has 1 saturated heterocycles. The lowest BCUT2D eigenvalue weighted by molar-refractivity contribution is -0.121. The monoisotopic (exact) mass is 459 g/mol. The molecule has 0 radical (unpaired) electrons. The van der Waals surface area contributed by atoms with Gasteiger partial charge in [-0.15, -0.1) is 0 Å². The number of methoxy groups -OCH3 is 1. The quantitative estimate of drug-likeness (QED) is 0.508. The van der Waals surface area contributed by atoms with Crippen molar-refractivity contribution in [1.82, 2.24) is 19.2 Å². The molecular formula is C21H25N5O5S. The molecule has 0 spiro atoms. The van der Waals surface area contributed by atoms with E-state index in [4.69, 9.17) is 4.74 Å². The van der Waals surface area contributed by atoms with Crippen molar-refractivity contribution in [2.24, 2.45) is 0 Å². The number of anilines is 1. The van der Waals surface area contributed by atoms with Crippen LogP contribution in [-0.2, 0) is 14.8 Å². The number of piperazine rings is 1. The number of imidazole rings is 1. The zero-order valence-electron chi connectivity index (χ0n) is 17.8. The molecule has 1 amide bonds. The van der Waals surface area contributed by atoms with Crippen LogP contribution >= 0.6 is 0 Å². The molecule has 2 heterocycles. The highest BCUT2D eigenvalue weighted by molar-refractivity contribution is 7.89. The van der Waals surface area contributed by atoms with Gasteiger partial charge in [-0.25, -0.2) is 13.2 Å². The molecule has 0 bridgehead atoms. The minimum atomic E-state index is -3.61. The zero-order chi connectivity index (χ0) is 22.9. The molecular weight excluding hydrogens is 434 g/mol. The fourth-order valence-electron chi connectivity index (χ4n) is 3.75. The topological polar surface area (TPSA) is 128 Å². The van der Waals surface area contributed by atoms with Gasteiger partial charge in [0.05, 0.1) is 29.1 Å². The lowest BCUT2D eigenvalue weighted by Gasteiger charge is -2.36. The zero-order valence-corrected chi connectivity index (χ0v) is 18.6. The number of sulfonamides is 1. The standard InChI is InChI=1S/C21H25N5O5S/c1-14(20(27)22-15-3-8-18-19(13-15)24-21(28)23-18)25-9-11-26(12-10-25)32(29,30)17-6-4-16(31-2)5-7-17/h3-8,13-14H,9-12H2,1-2H3,(H,22,27)(H2,23,24,28)/t14-/m1/s1. The van der Waals surface area contributed by atoms with Crippen molar-refractivity contribution in [3.05, 3.63) is 52.9 Å². The molecule has 0 aliphatic carbocycles. The summed E-state index contributed by atoms with van der Waals surface area (Å²) in [4.78, 5) is 31.6. The Hall–Kier alpha value is -3.15. The van der Waals surface area contributed by atoms with E-state index in [1.807, 2.05) is 4.90 Å². The Bertz CT molecular complexity index is 1270. The molecule has 1 atom stereocenters. The number of carbonyl (C=O) groups excluding carboxylic acids is 1. The number of carbonyl (C=O) groups is 1. The predicted octanol–water partition coefficient (Wildman–Crippen LogP) is 1.20. The first-order valence-corrected chi connectivity index (χ1v) is 11.6. The summed E-state index contributed by atoms with van der Waals surface area (Å²) in [7, 11) is -2.08. The molecule has 10 nitrogen and oxygen atoms in total. The first-order chi connectivity index (χ1) is 15.3. The van der Waals surface area contributed by atoms with Crippen molar-refractivity contribution < 1.29 is 17.9 Å². The van der Waals surface area contributed by atoms with E-state index in [1.165, 1.54) is 23.5 Å². The van der Waals surface area contributed by atoms with Crippen molar-refractivity contribution in [3.8, 4) is 5.75 Å². The normalized spacial score (nSPS) is 16.7. The minimum absolute atomic E-state index is 0.200. The fourth-order valence-corrected chi connectivity index (χ4v) is 5.17. The van der Waals surface area contributed by atoms with Crippen molar-refractivity contribution in [3.63, 3.8) is 0 Å². The predicted molar refractivity (Wildman–Crippen MR) is 120 cm³/mol. The Labute approximate surface area is 185 Å². The van der Waals surface area contributed by atoms with Gasteiger partial charge in [-0.2, -0.15) is 4.31 Å². The summed E-state index contributed by atoms with van der Waals surface area (Å²) in [6, 6.07) is 11.0. The average molecular weight is 460 g/mol. The molecule has 4 rings (SSSR count). The van der Waals surface area contributed by atoms with Gasteiger partial charge in [0, 0.05) is 31.9 Å². The van der Waals surface area contributed by atoms with Crippen LogP contribution in [0.3, 0.4) is 0 Å². The fraction of sp³-hybridized carbons (Fsp3) is 0.333. The van der Waals surface area contributed by atoms with Crippen LogP contribution in [0.5, 0.6) is 5.75 Å². The number of hydrogen-bond acceptors (Lipinski definition) is 6. The molecule has 1 aromatic heterocycles. The second-order valence-corrected chi connectivity index (χ2v) is 9.56. The lowest BCUT2D eigenvalue weighted by atomic mass is 10.2. The van der Waals surface area contributed by atoms with E-state index in [1.54, 1.807) is 37.3 Å². The van der Waals surface area contributed by atoms with Crippen LogP contribution in [0.4, 0.5) is 5.69 Å². The van der Waals surface area contributed by atoms with Crippen molar-refractivity contribution >= 4 is 32.7 Å². The first kappa shape index (κ1) is 22.1. The van der Waals surface area contributed by atoms with E-state index in [-0.39, 0.29) is 16.5 Å². The molecule has 1 aliphatic heterocycles. The third-order valence-corrected chi connectivity index (χ3v) is 7.59. The number of nitrogens with zero attached hydrogens (tertiary/aromatic N) is 2. The van der Waals surface area contributed by atoms with Crippen molar-refractivity contribution in [1.29, 1.82) is 0 Å². The first-order valence-electron chi connectivity index (χ1n) is 10.2. The average Bonchev–Trinajstić information content (AvgIpc) is 3.18. The maximum absolute atomic E-state index is 12.9. The van der Waals surface area contributed by atoms with Gasteiger partial charge >= 0.3 is 5.69 Å². The summed E-state index contributed by atoms with van der Waals surface area (Å²) in [6.07, 6.45) is 0. The number of ether oxygens (including phenoxy) is 1. The number of nitrogens with one attached hydrogen (secondary N) is 3. The van der Waals surface area contributed by atoms with Gasteiger partial charge < -0.3 is 20.0 Å². The third kappa shape index (κ3) is 4.40. The minimum Gasteiger partial charge on any atom is -0.497 e. The Morgan fingerprint density at radius 2 is 1.69 bits per heavy atom. The smallest absolute Gasteiger partial charge is 0.323 e. The molecule has 11 heteroatoms.